The van der Waals surface area contributed by atoms with Gasteiger partial charge in [-0.05, 0) is 49.5 Å². The van der Waals surface area contributed by atoms with Crippen LogP contribution in [0.25, 0.3) is 0 Å². The molecule has 4 rings (SSSR count). The van der Waals surface area contributed by atoms with Crippen molar-refractivity contribution >= 4 is 24.3 Å². The van der Waals surface area contributed by atoms with E-state index in [9.17, 15) is 14.7 Å². The van der Waals surface area contributed by atoms with E-state index in [2.05, 4.69) is 17.4 Å². The maximum atomic E-state index is 12.5. The van der Waals surface area contributed by atoms with Crippen LogP contribution < -0.4 is 5.32 Å². The van der Waals surface area contributed by atoms with Crippen molar-refractivity contribution in [2.24, 2.45) is 11.3 Å². The van der Waals surface area contributed by atoms with E-state index in [1.165, 1.54) is 5.56 Å². The second-order valence-electron chi connectivity index (χ2n) is 7.97. The van der Waals surface area contributed by atoms with Crippen LogP contribution in [0.15, 0.2) is 30.3 Å². The number of nitrogens with one attached hydrogen (secondary N) is 1. The molecule has 3 fully saturated rings. The minimum atomic E-state index is -0.749. The number of halogens is 1. The summed E-state index contributed by atoms with van der Waals surface area (Å²) in [5, 5.41) is 13.2. The van der Waals surface area contributed by atoms with Crippen LogP contribution in [0.5, 0.6) is 0 Å². The Balaban J connectivity index is 0.00000196. The average molecular weight is 379 g/mol. The molecule has 1 heterocycles. The van der Waals surface area contributed by atoms with Gasteiger partial charge >= 0.3 is 5.97 Å². The molecule has 1 aromatic rings. The first-order valence-electron chi connectivity index (χ1n) is 9.38. The number of nitrogens with zero attached hydrogens (tertiary/aromatic N) is 1. The van der Waals surface area contributed by atoms with E-state index in [-0.39, 0.29) is 24.2 Å². The highest BCUT2D eigenvalue weighted by Crippen LogP contribution is 2.51. The van der Waals surface area contributed by atoms with Crippen LogP contribution in [0.1, 0.15) is 43.6 Å². The molecule has 5 nitrogen and oxygen atoms in total. The highest BCUT2D eigenvalue weighted by molar-refractivity contribution is 5.85. The highest BCUT2D eigenvalue weighted by Gasteiger charge is 2.55. The third kappa shape index (κ3) is 3.60. The maximum Gasteiger partial charge on any atom is 0.311 e. The van der Waals surface area contributed by atoms with Crippen molar-refractivity contribution < 1.29 is 14.7 Å². The first-order chi connectivity index (χ1) is 12.1. The molecule has 0 radical (unpaired) electrons. The zero-order chi connectivity index (χ0) is 17.4. The van der Waals surface area contributed by atoms with Crippen molar-refractivity contribution in [3.05, 3.63) is 35.9 Å². The van der Waals surface area contributed by atoms with E-state index in [4.69, 9.17) is 0 Å². The van der Waals surface area contributed by atoms with Gasteiger partial charge in [-0.1, -0.05) is 30.3 Å². The summed E-state index contributed by atoms with van der Waals surface area (Å²) in [7, 11) is 0. The van der Waals surface area contributed by atoms with Crippen LogP contribution in [0, 0.1) is 11.3 Å². The van der Waals surface area contributed by atoms with Gasteiger partial charge in [0.25, 0.3) is 0 Å². The predicted octanol–water partition coefficient (Wildman–Crippen LogP) is 2.66. The third-order valence-corrected chi connectivity index (χ3v) is 6.37. The van der Waals surface area contributed by atoms with Gasteiger partial charge in [0.2, 0.25) is 5.91 Å². The number of carbonyl (C=O) groups is 2. The van der Waals surface area contributed by atoms with E-state index in [1.54, 1.807) is 4.90 Å². The van der Waals surface area contributed by atoms with Crippen molar-refractivity contribution in [2.75, 3.05) is 19.6 Å². The quantitative estimate of drug-likeness (QED) is 0.826. The largest absolute Gasteiger partial charge is 0.481 e. The molecular weight excluding hydrogens is 352 g/mol. The number of fused-ring (bicyclic) bond motifs is 1. The molecule has 2 aliphatic carbocycles. The number of rotatable bonds is 5. The van der Waals surface area contributed by atoms with E-state index >= 15 is 0 Å². The summed E-state index contributed by atoms with van der Waals surface area (Å²) in [4.78, 5) is 26.4. The second-order valence-corrected chi connectivity index (χ2v) is 7.97. The van der Waals surface area contributed by atoms with Crippen LogP contribution in [0.4, 0.5) is 0 Å². The van der Waals surface area contributed by atoms with Crippen LogP contribution in [0.2, 0.25) is 0 Å². The molecule has 1 saturated heterocycles. The van der Waals surface area contributed by atoms with Crippen molar-refractivity contribution in [2.45, 2.75) is 44.1 Å². The molecule has 142 valence electrons. The average Bonchev–Trinajstić information content (AvgIpc) is 3.37. The second kappa shape index (κ2) is 7.57. The molecule has 0 unspecified atom stereocenters. The lowest BCUT2D eigenvalue weighted by Gasteiger charge is -2.38. The molecule has 0 spiro atoms. The first-order valence-corrected chi connectivity index (χ1v) is 9.38. The summed E-state index contributed by atoms with van der Waals surface area (Å²) in [5.41, 5.74) is 0.544. The van der Waals surface area contributed by atoms with Gasteiger partial charge in [0.05, 0.1) is 12.0 Å². The summed E-state index contributed by atoms with van der Waals surface area (Å²) in [5.74, 6) is -0.222. The normalized spacial score (nSPS) is 30.4. The van der Waals surface area contributed by atoms with Crippen molar-refractivity contribution in [1.29, 1.82) is 0 Å². The number of likely N-dealkylation sites (tertiary alicyclic amines) is 1. The lowest BCUT2D eigenvalue weighted by Crippen LogP contribution is -2.43. The lowest BCUT2D eigenvalue weighted by molar-refractivity contribution is -0.152. The van der Waals surface area contributed by atoms with Gasteiger partial charge in [-0.15, -0.1) is 12.4 Å². The zero-order valence-corrected chi connectivity index (χ0v) is 15.7. The molecule has 0 aromatic heterocycles. The number of aliphatic carboxylic acids is 1. The van der Waals surface area contributed by atoms with Crippen LogP contribution in [-0.2, 0) is 9.59 Å². The Morgan fingerprint density at radius 3 is 2.58 bits per heavy atom. The molecule has 1 amide bonds. The van der Waals surface area contributed by atoms with Gasteiger partial charge in [-0.25, -0.2) is 0 Å². The van der Waals surface area contributed by atoms with Crippen LogP contribution >= 0.6 is 12.4 Å². The molecule has 2 N–H and O–H groups in total. The topological polar surface area (TPSA) is 69.6 Å². The molecule has 3 aliphatic rings. The van der Waals surface area contributed by atoms with Gasteiger partial charge in [0, 0.05) is 19.1 Å². The molecule has 2 saturated carbocycles. The van der Waals surface area contributed by atoms with Gasteiger partial charge in [0.15, 0.2) is 0 Å². The summed E-state index contributed by atoms with van der Waals surface area (Å²) >= 11 is 0. The number of carbonyl (C=O) groups excluding carboxylic acids is 1. The molecular formula is C20H27ClN2O3. The van der Waals surface area contributed by atoms with E-state index < -0.39 is 11.4 Å². The summed E-state index contributed by atoms with van der Waals surface area (Å²) in [6.07, 6.45) is 4.69. The van der Waals surface area contributed by atoms with Crippen molar-refractivity contribution in [3.8, 4) is 0 Å². The third-order valence-electron chi connectivity index (χ3n) is 6.37. The Bertz CT molecular complexity index is 664. The summed E-state index contributed by atoms with van der Waals surface area (Å²) in [6.45, 7) is 1.30. The Labute approximate surface area is 160 Å². The fourth-order valence-electron chi connectivity index (χ4n) is 4.65. The Kier molecular flexibility index (Phi) is 5.58. The lowest BCUT2D eigenvalue weighted by atomic mass is 9.64. The van der Waals surface area contributed by atoms with Gasteiger partial charge in [-0.2, -0.15) is 0 Å². The monoisotopic (exact) mass is 378 g/mol. The molecule has 0 bridgehead atoms. The summed E-state index contributed by atoms with van der Waals surface area (Å²) < 4.78 is 0. The molecule has 1 aliphatic heterocycles. The minimum Gasteiger partial charge on any atom is -0.481 e. The predicted molar refractivity (Wildman–Crippen MR) is 101 cm³/mol. The van der Waals surface area contributed by atoms with E-state index in [0.717, 1.165) is 25.7 Å². The fourth-order valence-corrected chi connectivity index (χ4v) is 4.65. The number of hydrogen-bond acceptors (Lipinski definition) is 3. The molecule has 3 atom stereocenters. The first kappa shape index (κ1) is 19.2. The van der Waals surface area contributed by atoms with E-state index in [0.29, 0.717) is 38.0 Å². The van der Waals surface area contributed by atoms with Crippen LogP contribution in [-0.4, -0.2) is 47.6 Å². The molecule has 6 heteroatoms. The SMILES string of the molecule is Cl.O=C(CNC1CC1)N1C[C@@H]2C[C@@H](c3ccccc3)CC[C@]2(C(=O)O)C1. The number of carboxylic acid groups (broad SMARTS) is 1. The number of amides is 1. The van der Waals surface area contributed by atoms with E-state index in [1.807, 2.05) is 18.2 Å². The molecule has 1 aromatic carbocycles. The fraction of sp³-hybridized carbons (Fsp3) is 0.600. The highest BCUT2D eigenvalue weighted by atomic mass is 35.5. The Morgan fingerprint density at radius 1 is 1.19 bits per heavy atom. The Morgan fingerprint density at radius 2 is 1.92 bits per heavy atom. The number of benzene rings is 1. The zero-order valence-electron chi connectivity index (χ0n) is 14.9. The number of carboxylic acids is 1. The Hall–Kier alpha value is -1.59. The van der Waals surface area contributed by atoms with Gasteiger partial charge < -0.3 is 15.3 Å². The van der Waals surface area contributed by atoms with Gasteiger partial charge in [-0.3, -0.25) is 9.59 Å². The van der Waals surface area contributed by atoms with Crippen LogP contribution in [0.3, 0.4) is 0 Å². The molecule has 26 heavy (non-hydrogen) atoms. The standard InChI is InChI=1S/C20H26N2O3.ClH/c23-18(11-21-17-6-7-17)22-12-16-10-15(14-4-2-1-3-5-14)8-9-20(16,13-22)19(24)25;/h1-5,15-17,21H,6-13H2,(H,24,25);1H/t15-,16-,20-;/m0./s1. The van der Waals surface area contributed by atoms with Gasteiger partial charge in [0.1, 0.15) is 0 Å². The minimum absolute atomic E-state index is 0. The number of hydrogen-bond donors (Lipinski definition) is 2. The summed E-state index contributed by atoms with van der Waals surface area (Å²) in [6, 6.07) is 10.9. The van der Waals surface area contributed by atoms with Crippen molar-refractivity contribution in [3.63, 3.8) is 0 Å². The van der Waals surface area contributed by atoms with Crippen molar-refractivity contribution in [1.82, 2.24) is 10.2 Å². The smallest absolute Gasteiger partial charge is 0.311 e. The maximum absolute atomic E-state index is 12.5.